The van der Waals surface area contributed by atoms with Gasteiger partial charge in [-0.15, -0.1) is 11.8 Å². The average molecular weight is 362 g/mol. The summed E-state index contributed by atoms with van der Waals surface area (Å²) >= 11 is 1.77. The van der Waals surface area contributed by atoms with Crippen LogP contribution in [0.2, 0.25) is 0 Å². The van der Waals surface area contributed by atoms with E-state index in [1.807, 2.05) is 25.3 Å². The Kier molecular flexibility index (Phi) is 4.17. The lowest BCUT2D eigenvalue weighted by Gasteiger charge is -2.09. The molecule has 0 aliphatic heterocycles. The third kappa shape index (κ3) is 2.84. The molecule has 4 nitrogen and oxygen atoms in total. The number of aryl methyl sites for hydroxylation is 1. The molecule has 26 heavy (non-hydrogen) atoms. The lowest BCUT2D eigenvalue weighted by atomic mass is 9.97. The van der Waals surface area contributed by atoms with Crippen molar-refractivity contribution in [3.05, 3.63) is 59.8 Å². The van der Waals surface area contributed by atoms with Crippen molar-refractivity contribution in [1.82, 2.24) is 9.97 Å². The van der Waals surface area contributed by atoms with Crippen molar-refractivity contribution in [2.75, 3.05) is 5.75 Å². The number of hydrogen-bond donors (Lipinski definition) is 2. The van der Waals surface area contributed by atoms with Gasteiger partial charge in [0.15, 0.2) is 0 Å². The fourth-order valence-electron chi connectivity index (χ4n) is 3.29. The highest BCUT2D eigenvalue weighted by Gasteiger charge is 2.16. The van der Waals surface area contributed by atoms with Crippen molar-refractivity contribution < 1.29 is 9.90 Å². The minimum Gasteiger partial charge on any atom is -0.478 e. The number of carboxylic acids is 1. The van der Waals surface area contributed by atoms with Crippen molar-refractivity contribution in [2.45, 2.75) is 18.7 Å². The number of aromatic nitrogens is 2. The number of nitrogens with one attached hydrogen (secondary N) is 1. The minimum atomic E-state index is -0.935. The largest absolute Gasteiger partial charge is 0.478 e. The number of aromatic amines is 1. The van der Waals surface area contributed by atoms with E-state index >= 15 is 0 Å². The van der Waals surface area contributed by atoms with Gasteiger partial charge in [-0.1, -0.05) is 19.1 Å². The molecule has 0 bridgehead atoms. The maximum atomic E-state index is 11.6. The summed E-state index contributed by atoms with van der Waals surface area (Å²) in [7, 11) is 0. The first kappa shape index (κ1) is 16.7. The summed E-state index contributed by atoms with van der Waals surface area (Å²) < 4.78 is 0. The molecule has 0 atom stereocenters. The van der Waals surface area contributed by atoms with Crippen molar-refractivity contribution in [3.63, 3.8) is 0 Å². The van der Waals surface area contributed by atoms with Gasteiger partial charge in [0.05, 0.1) is 5.56 Å². The van der Waals surface area contributed by atoms with Crippen LogP contribution in [0.25, 0.3) is 33.1 Å². The molecule has 0 amide bonds. The number of carbonyl (C=O) groups is 1. The fraction of sp³-hybridized carbons (Fsp3) is 0.143. The van der Waals surface area contributed by atoms with E-state index in [0.29, 0.717) is 0 Å². The van der Waals surface area contributed by atoms with E-state index in [1.54, 1.807) is 23.9 Å². The van der Waals surface area contributed by atoms with Crippen molar-refractivity contribution in [1.29, 1.82) is 0 Å². The van der Waals surface area contributed by atoms with Crippen LogP contribution in [0, 0.1) is 6.92 Å². The SMILES string of the molecule is CCSc1cccc(-c2cc(C(=O)O)cc3[nH]c4ncc(C)cc4c23)c1. The average Bonchev–Trinajstić information content (AvgIpc) is 2.99. The van der Waals surface area contributed by atoms with Crippen LogP contribution in [0.4, 0.5) is 0 Å². The molecule has 4 aromatic rings. The molecule has 0 saturated heterocycles. The number of fused-ring (bicyclic) bond motifs is 3. The number of H-pyrrole nitrogens is 1. The van der Waals surface area contributed by atoms with Gasteiger partial charge in [-0.05, 0) is 59.7 Å². The quantitative estimate of drug-likeness (QED) is 0.470. The van der Waals surface area contributed by atoms with Gasteiger partial charge in [-0.2, -0.15) is 0 Å². The summed E-state index contributed by atoms with van der Waals surface area (Å²) in [6.07, 6.45) is 1.81. The topological polar surface area (TPSA) is 66.0 Å². The zero-order valence-corrected chi connectivity index (χ0v) is 15.4. The molecule has 0 spiro atoms. The molecule has 2 N–H and O–H groups in total. The van der Waals surface area contributed by atoms with Crippen LogP contribution in [0.15, 0.2) is 53.6 Å². The van der Waals surface area contributed by atoms with Gasteiger partial charge in [0, 0.05) is 27.4 Å². The van der Waals surface area contributed by atoms with Gasteiger partial charge < -0.3 is 10.1 Å². The molecule has 0 fully saturated rings. The summed E-state index contributed by atoms with van der Waals surface area (Å²) in [5.74, 6) is 0.0552. The highest BCUT2D eigenvalue weighted by atomic mass is 32.2. The fourth-order valence-corrected chi connectivity index (χ4v) is 4.01. The zero-order valence-electron chi connectivity index (χ0n) is 14.5. The first-order chi connectivity index (χ1) is 12.6. The van der Waals surface area contributed by atoms with Crippen LogP contribution in [-0.2, 0) is 0 Å². The lowest BCUT2D eigenvalue weighted by Crippen LogP contribution is -1.97. The van der Waals surface area contributed by atoms with E-state index in [4.69, 9.17) is 0 Å². The van der Waals surface area contributed by atoms with Crippen molar-refractivity contribution >= 4 is 39.7 Å². The van der Waals surface area contributed by atoms with Crippen molar-refractivity contribution in [2.24, 2.45) is 0 Å². The van der Waals surface area contributed by atoms with Crippen LogP contribution in [0.5, 0.6) is 0 Å². The molecule has 5 heteroatoms. The molecule has 0 saturated carbocycles. The Morgan fingerprint density at radius 3 is 2.85 bits per heavy atom. The normalized spacial score (nSPS) is 11.3. The van der Waals surface area contributed by atoms with Crippen LogP contribution in [-0.4, -0.2) is 26.8 Å². The maximum Gasteiger partial charge on any atom is 0.335 e. The summed E-state index contributed by atoms with van der Waals surface area (Å²) in [5.41, 5.74) is 4.83. The predicted molar refractivity (Wildman–Crippen MR) is 107 cm³/mol. The first-order valence-corrected chi connectivity index (χ1v) is 9.44. The van der Waals surface area contributed by atoms with Gasteiger partial charge in [0.1, 0.15) is 5.65 Å². The number of pyridine rings is 1. The first-order valence-electron chi connectivity index (χ1n) is 8.45. The van der Waals surface area contributed by atoms with E-state index in [1.165, 1.54) is 4.90 Å². The number of aromatic carboxylic acids is 1. The molecular formula is C21H18N2O2S. The van der Waals surface area contributed by atoms with Gasteiger partial charge in [0.2, 0.25) is 0 Å². The molecule has 2 aromatic heterocycles. The van der Waals surface area contributed by atoms with Crippen LogP contribution in [0.1, 0.15) is 22.8 Å². The Labute approximate surface area is 155 Å². The lowest BCUT2D eigenvalue weighted by molar-refractivity contribution is 0.0697. The third-order valence-corrected chi connectivity index (χ3v) is 5.26. The monoisotopic (exact) mass is 362 g/mol. The Bertz CT molecular complexity index is 1150. The smallest absolute Gasteiger partial charge is 0.335 e. The number of thioether (sulfide) groups is 1. The standard InChI is InChI=1S/C21H18N2O2S/c1-3-26-15-6-4-5-13(8-15)16-9-14(21(24)25)10-18-19(16)17-7-12(2)11-22-20(17)23-18/h4-11H,3H2,1-2H3,(H,22,23)(H,24,25). The third-order valence-electron chi connectivity index (χ3n) is 4.39. The van der Waals surface area contributed by atoms with Gasteiger partial charge >= 0.3 is 5.97 Å². The highest BCUT2D eigenvalue weighted by molar-refractivity contribution is 7.99. The second-order valence-electron chi connectivity index (χ2n) is 6.25. The van der Waals surface area contributed by atoms with E-state index in [9.17, 15) is 9.90 Å². The Hall–Kier alpha value is -2.79. The molecule has 130 valence electrons. The number of rotatable bonds is 4. The zero-order chi connectivity index (χ0) is 18.3. The second-order valence-corrected chi connectivity index (χ2v) is 7.58. The number of benzene rings is 2. The van der Waals surface area contributed by atoms with E-state index in [-0.39, 0.29) is 5.56 Å². The number of nitrogens with zero attached hydrogens (tertiary/aromatic N) is 1. The second kappa shape index (κ2) is 6.50. The molecule has 0 radical (unpaired) electrons. The summed E-state index contributed by atoms with van der Waals surface area (Å²) in [6, 6.07) is 13.8. The predicted octanol–water partition coefficient (Wildman–Crippen LogP) is 5.50. The van der Waals surface area contributed by atoms with Crippen molar-refractivity contribution in [3.8, 4) is 11.1 Å². The summed E-state index contributed by atoms with van der Waals surface area (Å²) in [4.78, 5) is 20.5. The van der Waals surface area contributed by atoms with Crippen LogP contribution in [0.3, 0.4) is 0 Å². The van der Waals surface area contributed by atoms with Crippen LogP contribution < -0.4 is 0 Å². The van der Waals surface area contributed by atoms with Gasteiger partial charge in [0.25, 0.3) is 0 Å². The van der Waals surface area contributed by atoms with Crippen LogP contribution >= 0.6 is 11.8 Å². The molecule has 2 heterocycles. The highest BCUT2D eigenvalue weighted by Crippen LogP contribution is 2.36. The number of carboxylic acid groups (broad SMARTS) is 1. The number of hydrogen-bond acceptors (Lipinski definition) is 3. The maximum absolute atomic E-state index is 11.6. The van der Waals surface area contributed by atoms with E-state index < -0.39 is 5.97 Å². The van der Waals surface area contributed by atoms with Gasteiger partial charge in [-0.3, -0.25) is 0 Å². The Morgan fingerprint density at radius 1 is 1.23 bits per heavy atom. The molecule has 0 aliphatic carbocycles. The summed E-state index contributed by atoms with van der Waals surface area (Å²) in [5, 5.41) is 11.6. The summed E-state index contributed by atoms with van der Waals surface area (Å²) in [6.45, 7) is 4.13. The molecule has 4 rings (SSSR count). The molecule has 0 aliphatic rings. The minimum absolute atomic E-state index is 0.268. The van der Waals surface area contributed by atoms with E-state index in [2.05, 4.69) is 35.1 Å². The Balaban J connectivity index is 2.08. The van der Waals surface area contributed by atoms with Gasteiger partial charge in [-0.25, -0.2) is 9.78 Å². The molecule has 0 unspecified atom stereocenters. The van der Waals surface area contributed by atoms with E-state index in [0.717, 1.165) is 44.4 Å². The molecular weight excluding hydrogens is 344 g/mol. The Morgan fingerprint density at radius 2 is 2.08 bits per heavy atom. The molecule has 2 aromatic carbocycles.